The van der Waals surface area contributed by atoms with Crippen molar-refractivity contribution in [1.82, 2.24) is 4.98 Å². The van der Waals surface area contributed by atoms with Crippen molar-refractivity contribution < 1.29 is 0 Å². The summed E-state index contributed by atoms with van der Waals surface area (Å²) in [5.74, 6) is 0. The lowest BCUT2D eigenvalue weighted by Crippen LogP contribution is -1.81. The first-order valence-electron chi connectivity index (χ1n) is 2.41. The average Bonchev–Trinajstić information content (AvgIpc) is 2.34. The molecule has 9 heavy (non-hydrogen) atoms. The molecule has 2 nitrogen and oxygen atoms in total. The minimum Gasteiger partial charge on any atom is -0.232 e. The van der Waals surface area contributed by atoms with Gasteiger partial charge in [-0.15, -0.1) is 11.3 Å². The lowest BCUT2D eigenvalue weighted by atomic mass is 10.0. The van der Waals surface area contributed by atoms with Crippen LogP contribution in [0.15, 0.2) is 5.38 Å². The van der Waals surface area contributed by atoms with Gasteiger partial charge in [-0.25, -0.2) is 4.98 Å². The van der Waals surface area contributed by atoms with E-state index in [4.69, 9.17) is 13.1 Å². The van der Waals surface area contributed by atoms with Gasteiger partial charge in [-0.3, -0.25) is 0 Å². The van der Waals surface area contributed by atoms with E-state index in [0.29, 0.717) is 11.3 Å². The second-order valence-corrected chi connectivity index (χ2v) is 2.32. The quantitative estimate of drug-likeness (QED) is 0.529. The molecule has 1 aromatic rings. The molecule has 0 aliphatic rings. The second-order valence-electron chi connectivity index (χ2n) is 1.46. The normalized spacial score (nSPS) is 8.78. The fraction of sp³-hybridized carbons (Fsp3) is 0.200. The molecule has 2 radical (unpaired) electrons. The highest BCUT2D eigenvalue weighted by molar-refractivity contribution is 7.10. The van der Waals surface area contributed by atoms with Gasteiger partial charge in [0.05, 0.1) is 7.85 Å². The molecular weight excluding hydrogens is 131 g/mol. The second kappa shape index (κ2) is 2.65. The lowest BCUT2D eigenvalue weighted by Gasteiger charge is -1.78. The van der Waals surface area contributed by atoms with E-state index in [0.717, 1.165) is 5.69 Å². The van der Waals surface area contributed by atoms with Gasteiger partial charge in [0.25, 0.3) is 0 Å². The third kappa shape index (κ3) is 1.30. The van der Waals surface area contributed by atoms with Gasteiger partial charge in [0.1, 0.15) is 6.07 Å². The Hall–Kier alpha value is -0.815. The van der Waals surface area contributed by atoms with Crippen LogP contribution in [0.25, 0.3) is 0 Å². The van der Waals surface area contributed by atoms with Gasteiger partial charge in [0.15, 0.2) is 5.01 Å². The molecular formula is C5H3BN2S. The summed E-state index contributed by atoms with van der Waals surface area (Å²) in [5, 5.41) is 10.6. The molecule has 0 saturated heterocycles. The van der Waals surface area contributed by atoms with Crippen LogP contribution in [0, 0.1) is 11.3 Å². The van der Waals surface area contributed by atoms with Crippen LogP contribution in [0.5, 0.6) is 0 Å². The predicted octanol–water partition coefficient (Wildman–Crippen LogP) is 0.683. The molecule has 0 saturated carbocycles. The average molecular weight is 134 g/mol. The summed E-state index contributed by atoms with van der Waals surface area (Å²) < 4.78 is 0. The zero-order valence-electron chi connectivity index (χ0n) is 4.66. The van der Waals surface area contributed by atoms with Crippen LogP contribution >= 0.6 is 11.3 Å². The van der Waals surface area contributed by atoms with Crippen molar-refractivity contribution >= 4 is 19.2 Å². The molecule has 0 N–H and O–H groups in total. The van der Waals surface area contributed by atoms with E-state index in [-0.39, 0.29) is 0 Å². The summed E-state index contributed by atoms with van der Waals surface area (Å²) >= 11 is 1.32. The van der Waals surface area contributed by atoms with Crippen LogP contribution in [0.1, 0.15) is 10.7 Å². The van der Waals surface area contributed by atoms with E-state index in [1.807, 2.05) is 6.07 Å². The summed E-state index contributed by atoms with van der Waals surface area (Å²) in [6, 6.07) is 1.93. The van der Waals surface area contributed by atoms with E-state index in [2.05, 4.69) is 4.98 Å². The van der Waals surface area contributed by atoms with E-state index < -0.39 is 0 Å². The van der Waals surface area contributed by atoms with Gasteiger partial charge >= 0.3 is 0 Å². The lowest BCUT2D eigenvalue weighted by molar-refractivity contribution is 1.20. The molecule has 0 spiro atoms. The first-order chi connectivity index (χ1) is 4.36. The smallest absolute Gasteiger partial charge is 0.194 e. The third-order valence-electron chi connectivity index (χ3n) is 0.857. The maximum atomic E-state index is 8.30. The summed E-state index contributed by atoms with van der Waals surface area (Å²) in [7, 11) is 5.25. The number of hydrogen-bond donors (Lipinski definition) is 0. The maximum absolute atomic E-state index is 8.30. The molecule has 1 heterocycles. The zero-order chi connectivity index (χ0) is 6.69. The molecule has 0 aliphatic carbocycles. The summed E-state index contributed by atoms with van der Waals surface area (Å²) in [6.07, 6.45) is 0.415. The number of nitrogens with zero attached hydrogens (tertiary/aromatic N) is 2. The number of nitriles is 1. The Morgan fingerprint density at radius 3 is 3.00 bits per heavy atom. The summed E-state index contributed by atoms with van der Waals surface area (Å²) in [5.41, 5.74) is 0.788. The van der Waals surface area contributed by atoms with Crippen LogP contribution in [0.3, 0.4) is 0 Å². The molecule has 4 heteroatoms. The van der Waals surface area contributed by atoms with Crippen molar-refractivity contribution in [3.63, 3.8) is 0 Å². The van der Waals surface area contributed by atoms with Crippen LogP contribution < -0.4 is 0 Å². The van der Waals surface area contributed by atoms with Crippen molar-refractivity contribution in [2.75, 3.05) is 0 Å². The topological polar surface area (TPSA) is 36.7 Å². The highest BCUT2D eigenvalue weighted by Crippen LogP contribution is 2.06. The van der Waals surface area contributed by atoms with E-state index in [9.17, 15) is 0 Å². The molecule has 0 unspecified atom stereocenters. The van der Waals surface area contributed by atoms with Crippen LogP contribution in [-0.4, -0.2) is 12.8 Å². The van der Waals surface area contributed by atoms with Crippen LogP contribution in [-0.2, 0) is 6.32 Å². The Balaban J connectivity index is 2.90. The zero-order valence-corrected chi connectivity index (χ0v) is 5.48. The first-order valence-corrected chi connectivity index (χ1v) is 3.29. The van der Waals surface area contributed by atoms with Gasteiger partial charge in [-0.1, -0.05) is 0 Å². The Morgan fingerprint density at radius 1 is 1.89 bits per heavy atom. The van der Waals surface area contributed by atoms with Gasteiger partial charge in [0.2, 0.25) is 0 Å². The molecule has 1 aromatic heterocycles. The molecule has 0 amide bonds. The van der Waals surface area contributed by atoms with Gasteiger partial charge in [-0.05, 0) is 6.32 Å². The van der Waals surface area contributed by atoms with E-state index >= 15 is 0 Å². The largest absolute Gasteiger partial charge is 0.232 e. The van der Waals surface area contributed by atoms with Crippen molar-refractivity contribution in [3.05, 3.63) is 16.1 Å². The van der Waals surface area contributed by atoms with Gasteiger partial charge in [-0.2, -0.15) is 5.26 Å². The molecule has 0 fully saturated rings. The van der Waals surface area contributed by atoms with E-state index in [1.54, 1.807) is 5.38 Å². The van der Waals surface area contributed by atoms with Gasteiger partial charge in [0, 0.05) is 11.1 Å². The predicted molar refractivity (Wildman–Crippen MR) is 36.3 cm³/mol. The third-order valence-corrected chi connectivity index (χ3v) is 1.65. The molecule has 0 bridgehead atoms. The van der Waals surface area contributed by atoms with Crippen molar-refractivity contribution in [2.45, 2.75) is 6.32 Å². The molecule has 42 valence electrons. The number of rotatable bonds is 1. The monoisotopic (exact) mass is 134 g/mol. The van der Waals surface area contributed by atoms with Crippen molar-refractivity contribution in [1.29, 1.82) is 5.26 Å². The number of aromatic nitrogens is 1. The first kappa shape index (κ1) is 6.31. The van der Waals surface area contributed by atoms with Crippen molar-refractivity contribution in [2.24, 2.45) is 0 Å². The fourth-order valence-electron chi connectivity index (χ4n) is 0.452. The number of thiazole rings is 1. The minimum absolute atomic E-state index is 0.415. The highest BCUT2D eigenvalue weighted by Gasteiger charge is 1.95. The molecule has 0 aliphatic heterocycles. The minimum atomic E-state index is 0.415. The highest BCUT2D eigenvalue weighted by atomic mass is 32.1. The Bertz CT molecular complexity index is 237. The summed E-state index contributed by atoms with van der Waals surface area (Å²) in [4.78, 5) is 3.88. The van der Waals surface area contributed by atoms with Gasteiger partial charge < -0.3 is 0 Å². The van der Waals surface area contributed by atoms with E-state index in [1.165, 1.54) is 11.3 Å². The summed E-state index contributed by atoms with van der Waals surface area (Å²) in [6.45, 7) is 0. The molecule has 1 rings (SSSR count). The Labute approximate surface area is 58.6 Å². The fourth-order valence-corrected chi connectivity index (χ4v) is 1.07. The molecule has 0 atom stereocenters. The Morgan fingerprint density at radius 2 is 2.67 bits per heavy atom. The SMILES string of the molecule is [B]Cc1csc(C#N)n1. The number of hydrogen-bond acceptors (Lipinski definition) is 3. The van der Waals surface area contributed by atoms with Crippen LogP contribution in [0.4, 0.5) is 0 Å². The van der Waals surface area contributed by atoms with Crippen LogP contribution in [0.2, 0.25) is 0 Å². The standard InChI is InChI=1S/C5H3BN2S/c6-1-4-3-9-5(2-7)8-4/h3H,1H2. The van der Waals surface area contributed by atoms with Crippen molar-refractivity contribution in [3.8, 4) is 6.07 Å². The Kier molecular flexibility index (Phi) is 1.86. The maximum Gasteiger partial charge on any atom is 0.194 e. The molecule has 0 aromatic carbocycles.